The number of amides is 1. The average Bonchev–Trinajstić information content (AvgIpc) is 3.16. The standard InChI is InChI=1S/C14H21N3O4S2/c1-10-13(22-14(19)15-10)23(20,21)17-8-6-16(7-9-17)12(18)11-4-2-3-5-11/h11H,2-9H2,1H3,(H,15,19). The Kier molecular flexibility index (Phi) is 4.61. The Morgan fingerprint density at radius 2 is 1.78 bits per heavy atom. The minimum Gasteiger partial charge on any atom is -0.340 e. The molecule has 128 valence electrons. The number of piperazine rings is 1. The lowest BCUT2D eigenvalue weighted by Crippen LogP contribution is -2.51. The Hall–Kier alpha value is -1.19. The van der Waals surface area contributed by atoms with Crippen LogP contribution >= 0.6 is 11.3 Å². The molecule has 0 radical (unpaired) electrons. The van der Waals surface area contributed by atoms with Crippen LogP contribution in [0.1, 0.15) is 31.4 Å². The molecule has 2 aliphatic rings. The highest BCUT2D eigenvalue weighted by atomic mass is 32.2. The Bertz CT molecular complexity index is 738. The maximum atomic E-state index is 12.6. The van der Waals surface area contributed by atoms with E-state index in [9.17, 15) is 18.0 Å². The molecule has 1 saturated heterocycles. The largest absolute Gasteiger partial charge is 0.340 e. The number of sulfonamides is 1. The summed E-state index contributed by atoms with van der Waals surface area (Å²) in [6, 6.07) is 0. The summed E-state index contributed by atoms with van der Waals surface area (Å²) in [4.78, 5) is 27.7. The zero-order valence-electron chi connectivity index (χ0n) is 13.1. The van der Waals surface area contributed by atoms with Crippen molar-refractivity contribution in [3.8, 4) is 0 Å². The summed E-state index contributed by atoms with van der Waals surface area (Å²) in [6.07, 6.45) is 4.12. The minimum absolute atomic E-state index is 0.0815. The summed E-state index contributed by atoms with van der Waals surface area (Å²) in [7, 11) is -3.66. The lowest BCUT2D eigenvalue weighted by atomic mass is 10.1. The summed E-state index contributed by atoms with van der Waals surface area (Å²) in [5.74, 6) is 0.289. The number of thiazole rings is 1. The fourth-order valence-electron chi connectivity index (χ4n) is 3.33. The van der Waals surface area contributed by atoms with Crippen LogP contribution in [0.2, 0.25) is 0 Å². The molecule has 1 amide bonds. The zero-order chi connectivity index (χ0) is 16.6. The Labute approximate surface area is 139 Å². The minimum atomic E-state index is -3.66. The molecule has 1 aromatic heterocycles. The average molecular weight is 359 g/mol. The number of carbonyl (C=O) groups excluding carboxylic acids is 1. The maximum Gasteiger partial charge on any atom is 0.305 e. The number of rotatable bonds is 3. The fraction of sp³-hybridized carbons (Fsp3) is 0.714. The van der Waals surface area contributed by atoms with Gasteiger partial charge in [0.25, 0.3) is 10.0 Å². The number of hydrogen-bond donors (Lipinski definition) is 1. The van der Waals surface area contributed by atoms with Crippen molar-refractivity contribution in [1.29, 1.82) is 0 Å². The van der Waals surface area contributed by atoms with Gasteiger partial charge < -0.3 is 9.88 Å². The Morgan fingerprint density at radius 1 is 1.17 bits per heavy atom. The number of aromatic amines is 1. The van der Waals surface area contributed by atoms with E-state index < -0.39 is 10.0 Å². The van der Waals surface area contributed by atoms with Gasteiger partial charge in [-0.25, -0.2) is 8.42 Å². The van der Waals surface area contributed by atoms with Crippen LogP contribution < -0.4 is 4.87 Å². The van der Waals surface area contributed by atoms with E-state index in [0.717, 1.165) is 37.0 Å². The summed E-state index contributed by atoms with van der Waals surface area (Å²) in [5.41, 5.74) is 0.379. The van der Waals surface area contributed by atoms with Gasteiger partial charge in [-0.1, -0.05) is 24.2 Å². The van der Waals surface area contributed by atoms with Gasteiger partial charge in [-0.05, 0) is 19.8 Å². The quantitative estimate of drug-likeness (QED) is 0.863. The molecule has 7 nitrogen and oxygen atoms in total. The van der Waals surface area contributed by atoms with E-state index in [-0.39, 0.29) is 34.0 Å². The molecule has 0 aromatic carbocycles. The Balaban J connectivity index is 1.67. The molecular formula is C14H21N3O4S2. The third-order valence-electron chi connectivity index (χ3n) is 4.61. The first kappa shape index (κ1) is 16.7. The molecule has 1 aliphatic heterocycles. The molecule has 1 saturated carbocycles. The van der Waals surface area contributed by atoms with Gasteiger partial charge >= 0.3 is 4.87 Å². The Morgan fingerprint density at radius 3 is 2.30 bits per heavy atom. The number of nitrogens with zero attached hydrogens (tertiary/aromatic N) is 2. The van der Waals surface area contributed by atoms with Crippen molar-refractivity contribution in [2.75, 3.05) is 26.2 Å². The van der Waals surface area contributed by atoms with E-state index in [1.165, 1.54) is 4.31 Å². The molecule has 9 heteroatoms. The van der Waals surface area contributed by atoms with Crippen molar-refractivity contribution < 1.29 is 13.2 Å². The molecule has 0 atom stereocenters. The van der Waals surface area contributed by atoms with Gasteiger partial charge in [-0.3, -0.25) is 9.59 Å². The van der Waals surface area contributed by atoms with Gasteiger partial charge in [-0.15, -0.1) is 0 Å². The van der Waals surface area contributed by atoms with Crippen LogP contribution in [0.5, 0.6) is 0 Å². The van der Waals surface area contributed by atoms with E-state index in [4.69, 9.17) is 0 Å². The van der Waals surface area contributed by atoms with Gasteiger partial charge in [-0.2, -0.15) is 4.31 Å². The highest BCUT2D eigenvalue weighted by Crippen LogP contribution is 2.28. The lowest BCUT2D eigenvalue weighted by Gasteiger charge is -2.35. The van der Waals surface area contributed by atoms with Crippen molar-refractivity contribution in [3.63, 3.8) is 0 Å². The van der Waals surface area contributed by atoms with E-state index in [0.29, 0.717) is 18.8 Å². The van der Waals surface area contributed by atoms with E-state index in [1.54, 1.807) is 11.8 Å². The number of carbonyl (C=O) groups is 1. The van der Waals surface area contributed by atoms with Crippen molar-refractivity contribution in [1.82, 2.24) is 14.2 Å². The first-order valence-corrected chi connectivity index (χ1v) is 10.1. The second-order valence-corrected chi connectivity index (χ2v) is 9.25. The van der Waals surface area contributed by atoms with Crippen LogP contribution in [-0.4, -0.2) is 54.7 Å². The number of aromatic nitrogens is 1. The van der Waals surface area contributed by atoms with E-state index >= 15 is 0 Å². The predicted molar refractivity (Wildman–Crippen MR) is 87.0 cm³/mol. The van der Waals surface area contributed by atoms with Crippen molar-refractivity contribution in [3.05, 3.63) is 15.4 Å². The molecular weight excluding hydrogens is 338 g/mol. The van der Waals surface area contributed by atoms with Gasteiger partial charge in [0, 0.05) is 37.8 Å². The molecule has 1 N–H and O–H groups in total. The SMILES string of the molecule is Cc1[nH]c(=O)sc1S(=O)(=O)N1CCN(C(=O)C2CCCC2)CC1. The van der Waals surface area contributed by atoms with Gasteiger partial charge in [0.15, 0.2) is 4.21 Å². The second-order valence-electron chi connectivity index (χ2n) is 6.14. The number of H-pyrrole nitrogens is 1. The van der Waals surface area contributed by atoms with Gasteiger partial charge in [0.05, 0.1) is 0 Å². The first-order chi connectivity index (χ1) is 10.9. The third kappa shape index (κ3) is 3.22. The molecule has 0 spiro atoms. The molecule has 1 aromatic rings. The monoisotopic (exact) mass is 359 g/mol. The van der Waals surface area contributed by atoms with Crippen LogP contribution in [0, 0.1) is 12.8 Å². The number of aryl methyl sites for hydroxylation is 1. The van der Waals surface area contributed by atoms with Crippen LogP contribution in [0.4, 0.5) is 0 Å². The summed E-state index contributed by atoms with van der Waals surface area (Å²) >= 11 is 0.721. The number of nitrogens with one attached hydrogen (secondary N) is 1. The van der Waals surface area contributed by atoms with Crippen LogP contribution in [-0.2, 0) is 14.8 Å². The highest BCUT2D eigenvalue weighted by molar-refractivity contribution is 7.91. The van der Waals surface area contributed by atoms with Gasteiger partial charge in [0.2, 0.25) is 5.91 Å². The smallest absolute Gasteiger partial charge is 0.305 e. The van der Waals surface area contributed by atoms with Crippen molar-refractivity contribution >= 4 is 27.3 Å². The van der Waals surface area contributed by atoms with Crippen LogP contribution in [0.15, 0.2) is 9.00 Å². The van der Waals surface area contributed by atoms with Crippen LogP contribution in [0.25, 0.3) is 0 Å². The molecule has 1 aliphatic carbocycles. The fourth-order valence-corrected chi connectivity index (χ4v) is 6.19. The summed E-state index contributed by atoms with van der Waals surface area (Å²) in [5, 5.41) is 0. The lowest BCUT2D eigenvalue weighted by molar-refractivity contribution is -0.136. The first-order valence-electron chi connectivity index (χ1n) is 7.88. The second kappa shape index (κ2) is 6.37. The molecule has 23 heavy (non-hydrogen) atoms. The van der Waals surface area contributed by atoms with E-state index in [1.807, 2.05) is 0 Å². The highest BCUT2D eigenvalue weighted by Gasteiger charge is 2.34. The molecule has 3 rings (SSSR count). The molecule has 0 unspecified atom stereocenters. The molecule has 2 heterocycles. The normalized spacial score (nSPS) is 21.0. The van der Waals surface area contributed by atoms with Crippen molar-refractivity contribution in [2.45, 2.75) is 36.8 Å². The predicted octanol–water partition coefficient (Wildman–Crippen LogP) is 0.768. The van der Waals surface area contributed by atoms with Crippen LogP contribution in [0.3, 0.4) is 0 Å². The molecule has 2 fully saturated rings. The third-order valence-corrected chi connectivity index (χ3v) is 8.09. The van der Waals surface area contributed by atoms with Crippen molar-refractivity contribution in [2.24, 2.45) is 5.92 Å². The van der Waals surface area contributed by atoms with E-state index in [2.05, 4.69) is 4.98 Å². The van der Waals surface area contributed by atoms with Gasteiger partial charge in [0.1, 0.15) is 0 Å². The zero-order valence-corrected chi connectivity index (χ0v) is 14.7. The molecule has 0 bridgehead atoms. The number of hydrogen-bond acceptors (Lipinski definition) is 5. The summed E-state index contributed by atoms with van der Waals surface area (Å²) in [6.45, 7) is 3.00. The summed E-state index contributed by atoms with van der Waals surface area (Å²) < 4.78 is 26.7. The maximum absolute atomic E-state index is 12.6. The topological polar surface area (TPSA) is 90.5 Å².